The Balaban J connectivity index is 2.74. The van der Waals surface area contributed by atoms with Gasteiger partial charge in [-0.2, -0.15) is 18.3 Å². The summed E-state index contributed by atoms with van der Waals surface area (Å²) in [5.74, 6) is -0.458. The second-order valence-corrected chi connectivity index (χ2v) is 3.72. The smallest absolute Gasteiger partial charge is 0.416 e. The number of phenols is 1. The third-order valence-electron chi connectivity index (χ3n) is 1.92. The van der Waals surface area contributed by atoms with Gasteiger partial charge in [0.05, 0.1) is 16.5 Å². The van der Waals surface area contributed by atoms with Crippen molar-refractivity contribution in [2.75, 3.05) is 0 Å². The Morgan fingerprint density at radius 1 is 1.33 bits per heavy atom. The quantitative estimate of drug-likeness (QED) is 0.779. The average Bonchev–Trinajstić information content (AvgIpc) is 2.46. The van der Waals surface area contributed by atoms with E-state index < -0.39 is 17.5 Å². The highest BCUT2D eigenvalue weighted by Crippen LogP contribution is 2.37. The number of benzene rings is 1. The van der Waals surface area contributed by atoms with E-state index in [-0.39, 0.29) is 10.9 Å². The molecule has 3 nitrogen and oxygen atoms in total. The van der Waals surface area contributed by atoms with Gasteiger partial charge in [0.15, 0.2) is 0 Å². The van der Waals surface area contributed by atoms with E-state index in [0.717, 1.165) is 6.07 Å². The van der Waals surface area contributed by atoms with Crippen LogP contribution in [0.4, 0.5) is 13.2 Å². The molecule has 1 heterocycles. The van der Waals surface area contributed by atoms with E-state index in [1.54, 1.807) is 0 Å². The number of fused-ring (bicyclic) bond motifs is 1. The predicted octanol–water partition coefficient (Wildman–Crippen LogP) is 3.05. The van der Waals surface area contributed by atoms with Crippen molar-refractivity contribution < 1.29 is 18.3 Å². The van der Waals surface area contributed by atoms with Crippen molar-refractivity contribution in [2.24, 2.45) is 0 Å². The first-order valence-electron chi connectivity index (χ1n) is 3.83. The fraction of sp³-hybridized carbons (Fsp3) is 0.125. The lowest BCUT2D eigenvalue weighted by Gasteiger charge is -2.06. The lowest BCUT2D eigenvalue weighted by atomic mass is 10.1. The van der Waals surface area contributed by atoms with Crippen molar-refractivity contribution in [3.05, 3.63) is 22.3 Å². The van der Waals surface area contributed by atoms with Crippen LogP contribution in [0.3, 0.4) is 0 Å². The summed E-state index contributed by atoms with van der Waals surface area (Å²) in [6.45, 7) is 0. The zero-order valence-corrected chi connectivity index (χ0v) is 8.65. The van der Waals surface area contributed by atoms with Crippen LogP contribution in [0.2, 0.25) is 0 Å². The molecule has 0 spiro atoms. The minimum absolute atomic E-state index is 0.0641. The summed E-state index contributed by atoms with van der Waals surface area (Å²) >= 11 is 3.03. The number of halogens is 4. The molecule has 0 fully saturated rings. The van der Waals surface area contributed by atoms with E-state index in [1.807, 2.05) is 0 Å². The van der Waals surface area contributed by atoms with Crippen LogP contribution < -0.4 is 0 Å². The SMILES string of the molecule is Oc1cc(C(F)(F)F)cc2n[nH]c(Br)c12. The largest absolute Gasteiger partial charge is 0.507 e. The highest BCUT2D eigenvalue weighted by molar-refractivity contribution is 9.10. The first kappa shape index (κ1) is 10.3. The molecule has 0 aliphatic heterocycles. The van der Waals surface area contributed by atoms with Crippen molar-refractivity contribution in [1.29, 1.82) is 0 Å². The minimum atomic E-state index is -4.49. The Labute approximate surface area is 90.0 Å². The van der Waals surface area contributed by atoms with E-state index >= 15 is 0 Å². The molecule has 0 saturated heterocycles. The minimum Gasteiger partial charge on any atom is -0.507 e. The molecule has 15 heavy (non-hydrogen) atoms. The van der Waals surface area contributed by atoms with Gasteiger partial charge in [0.1, 0.15) is 10.4 Å². The molecule has 0 saturated carbocycles. The number of alkyl halides is 3. The molecule has 0 aliphatic rings. The molecule has 0 unspecified atom stereocenters. The Morgan fingerprint density at radius 2 is 2.00 bits per heavy atom. The summed E-state index contributed by atoms with van der Waals surface area (Å²) in [6.07, 6.45) is -4.49. The van der Waals surface area contributed by atoms with Crippen molar-refractivity contribution in [1.82, 2.24) is 10.2 Å². The fourth-order valence-corrected chi connectivity index (χ4v) is 1.75. The molecular weight excluding hydrogens is 277 g/mol. The highest BCUT2D eigenvalue weighted by Gasteiger charge is 2.32. The lowest BCUT2D eigenvalue weighted by molar-refractivity contribution is -0.137. The average molecular weight is 281 g/mol. The van der Waals surface area contributed by atoms with E-state index in [4.69, 9.17) is 0 Å². The van der Waals surface area contributed by atoms with Crippen LogP contribution in [-0.2, 0) is 6.18 Å². The highest BCUT2D eigenvalue weighted by atomic mass is 79.9. The summed E-state index contributed by atoms with van der Waals surface area (Å²) in [5.41, 5.74) is -0.860. The number of nitrogens with one attached hydrogen (secondary N) is 1. The Kier molecular flexibility index (Phi) is 2.14. The number of hydrogen-bond acceptors (Lipinski definition) is 2. The number of aromatic nitrogens is 2. The lowest BCUT2D eigenvalue weighted by Crippen LogP contribution is -2.04. The fourth-order valence-electron chi connectivity index (χ4n) is 1.25. The van der Waals surface area contributed by atoms with Crippen LogP contribution in [0.25, 0.3) is 10.9 Å². The summed E-state index contributed by atoms with van der Waals surface area (Å²) < 4.78 is 37.4. The van der Waals surface area contributed by atoms with Gasteiger partial charge < -0.3 is 5.11 Å². The van der Waals surface area contributed by atoms with E-state index in [1.165, 1.54) is 0 Å². The second kappa shape index (κ2) is 3.13. The summed E-state index contributed by atoms with van der Waals surface area (Å²) in [6, 6.07) is 1.54. The van der Waals surface area contributed by atoms with Crippen LogP contribution >= 0.6 is 15.9 Å². The summed E-state index contributed by atoms with van der Waals surface area (Å²) in [4.78, 5) is 0. The van der Waals surface area contributed by atoms with Crippen molar-refractivity contribution in [2.45, 2.75) is 6.18 Å². The van der Waals surface area contributed by atoms with Crippen LogP contribution in [-0.4, -0.2) is 15.3 Å². The third-order valence-corrected chi connectivity index (χ3v) is 2.49. The number of nitrogens with zero attached hydrogens (tertiary/aromatic N) is 1. The second-order valence-electron chi connectivity index (χ2n) is 2.92. The number of H-pyrrole nitrogens is 1. The summed E-state index contributed by atoms with van der Waals surface area (Å²) in [7, 11) is 0. The zero-order valence-electron chi connectivity index (χ0n) is 7.06. The molecule has 0 radical (unpaired) electrons. The van der Waals surface area contributed by atoms with Crippen LogP contribution in [0.1, 0.15) is 5.56 Å². The maximum absolute atomic E-state index is 12.3. The first-order valence-corrected chi connectivity index (χ1v) is 4.62. The number of aromatic hydroxyl groups is 1. The molecule has 1 aromatic carbocycles. The van der Waals surface area contributed by atoms with Gasteiger partial charge in [-0.3, -0.25) is 5.10 Å². The topological polar surface area (TPSA) is 48.9 Å². The standard InChI is InChI=1S/C8H4BrF3N2O/c9-7-6-4(13-14-7)1-3(2-5(6)15)8(10,11)12/h1-2,15H,(H,13,14). The normalized spacial score (nSPS) is 12.3. The van der Waals surface area contributed by atoms with Gasteiger partial charge in [-0.1, -0.05) is 0 Å². The van der Waals surface area contributed by atoms with Crippen molar-refractivity contribution in [3.63, 3.8) is 0 Å². The zero-order chi connectivity index (χ0) is 11.2. The number of rotatable bonds is 0. The van der Waals surface area contributed by atoms with E-state index in [0.29, 0.717) is 10.7 Å². The molecule has 0 bridgehead atoms. The summed E-state index contributed by atoms with van der Waals surface area (Å²) in [5, 5.41) is 15.7. The molecule has 0 aliphatic carbocycles. The number of hydrogen-bond donors (Lipinski definition) is 2. The van der Waals surface area contributed by atoms with Crippen LogP contribution in [0.5, 0.6) is 5.75 Å². The number of aromatic amines is 1. The maximum atomic E-state index is 12.3. The first-order chi connectivity index (χ1) is 6.89. The van der Waals surface area contributed by atoms with Gasteiger partial charge in [-0.15, -0.1) is 0 Å². The van der Waals surface area contributed by atoms with E-state index in [2.05, 4.69) is 26.1 Å². The van der Waals surface area contributed by atoms with Gasteiger partial charge in [0.2, 0.25) is 0 Å². The van der Waals surface area contributed by atoms with E-state index in [9.17, 15) is 18.3 Å². The number of phenolic OH excluding ortho intramolecular Hbond substituents is 1. The predicted molar refractivity (Wildman–Crippen MR) is 50.5 cm³/mol. The Morgan fingerprint density at radius 3 is 2.60 bits per heavy atom. The molecular formula is C8H4BrF3N2O. The molecule has 0 atom stereocenters. The Hall–Kier alpha value is -1.24. The molecule has 0 amide bonds. The molecule has 7 heteroatoms. The molecule has 1 aromatic heterocycles. The monoisotopic (exact) mass is 280 g/mol. The molecule has 2 rings (SSSR count). The van der Waals surface area contributed by atoms with Crippen molar-refractivity contribution >= 4 is 26.8 Å². The maximum Gasteiger partial charge on any atom is 0.416 e. The van der Waals surface area contributed by atoms with Gasteiger partial charge in [-0.25, -0.2) is 0 Å². The van der Waals surface area contributed by atoms with Crippen LogP contribution in [0.15, 0.2) is 16.7 Å². The van der Waals surface area contributed by atoms with Crippen LogP contribution in [0, 0.1) is 0 Å². The molecule has 2 aromatic rings. The van der Waals surface area contributed by atoms with Gasteiger partial charge >= 0.3 is 6.18 Å². The van der Waals surface area contributed by atoms with Gasteiger partial charge in [-0.05, 0) is 28.1 Å². The van der Waals surface area contributed by atoms with Crippen molar-refractivity contribution in [3.8, 4) is 5.75 Å². The van der Waals surface area contributed by atoms with Gasteiger partial charge in [0.25, 0.3) is 0 Å². The Bertz CT molecular complexity index is 520. The third kappa shape index (κ3) is 1.67. The molecule has 2 N–H and O–H groups in total. The van der Waals surface area contributed by atoms with Gasteiger partial charge in [0, 0.05) is 0 Å². The molecule has 80 valence electrons.